The maximum Gasteiger partial charge on any atom is 0.132 e. The van der Waals surface area contributed by atoms with Gasteiger partial charge in [0.05, 0.1) is 16.4 Å². The summed E-state index contributed by atoms with van der Waals surface area (Å²) in [6.45, 7) is 4.74. The van der Waals surface area contributed by atoms with Crippen LogP contribution in [-0.2, 0) is 10.8 Å². The van der Waals surface area contributed by atoms with E-state index in [4.69, 9.17) is 4.74 Å². The number of aromatic nitrogens is 1. The second-order valence-electron chi connectivity index (χ2n) is 18.4. The van der Waals surface area contributed by atoms with Crippen LogP contribution in [-0.4, -0.2) is 4.57 Å². The van der Waals surface area contributed by atoms with Gasteiger partial charge in [0.25, 0.3) is 0 Å². The molecule has 0 bridgehead atoms. The summed E-state index contributed by atoms with van der Waals surface area (Å²) in [5, 5.41) is 4.92. The number of ether oxygens (including phenoxy) is 1. The van der Waals surface area contributed by atoms with Gasteiger partial charge >= 0.3 is 0 Å². The Bertz CT molecular complexity index is 3750. The summed E-state index contributed by atoms with van der Waals surface area (Å²) in [5.74, 6) is 1.79. The van der Waals surface area contributed by atoms with Crippen LogP contribution in [0.25, 0.3) is 60.5 Å². The van der Waals surface area contributed by atoms with Gasteiger partial charge < -0.3 is 14.2 Å². The highest BCUT2D eigenvalue weighted by molar-refractivity contribution is 6.11. The van der Waals surface area contributed by atoms with E-state index < -0.39 is 5.41 Å². The van der Waals surface area contributed by atoms with Crippen LogP contribution < -0.4 is 9.64 Å². The first-order chi connectivity index (χ1) is 32.0. The molecular weight excluding hydrogens is 789 g/mol. The summed E-state index contributed by atoms with van der Waals surface area (Å²) in [5.41, 5.74) is 18.9. The molecule has 65 heavy (non-hydrogen) atoms. The second-order valence-corrected chi connectivity index (χ2v) is 18.4. The summed E-state index contributed by atoms with van der Waals surface area (Å²) in [6, 6.07) is 80.7. The number of hydrogen-bond acceptors (Lipinski definition) is 2. The number of anilines is 3. The van der Waals surface area contributed by atoms with E-state index in [9.17, 15) is 0 Å². The van der Waals surface area contributed by atoms with Crippen molar-refractivity contribution >= 4 is 49.6 Å². The predicted molar refractivity (Wildman–Crippen MR) is 268 cm³/mol. The third-order valence-corrected chi connectivity index (χ3v) is 14.8. The standard InChI is InChI=1S/C62H42N2O/c1-61(2)50-22-10-8-20-45(50)46-32-29-43(38-55(46)61)63(42-31-35-57-48(36-42)47-21-9-13-25-56(47)64(57)40-17-4-3-5-18-40)41-30-34-51-49(37-41)60-44-19-7-6-16-39(44)28-33-54(60)62(51)52-23-11-14-26-58(52)65-59-27-15-12-24-53(59)62/h3-38H,1-2H3. The van der Waals surface area contributed by atoms with Gasteiger partial charge in [0.2, 0.25) is 0 Å². The van der Waals surface area contributed by atoms with Crippen LogP contribution >= 0.6 is 0 Å². The van der Waals surface area contributed by atoms with Crippen LogP contribution in [0.4, 0.5) is 17.1 Å². The molecule has 1 aliphatic heterocycles. The van der Waals surface area contributed by atoms with E-state index in [0.717, 1.165) is 34.2 Å². The molecular formula is C62H42N2O. The average Bonchev–Trinajstić information content (AvgIpc) is 3.93. The number of fused-ring (bicyclic) bond motifs is 17. The molecule has 0 atom stereocenters. The lowest BCUT2D eigenvalue weighted by Crippen LogP contribution is -2.32. The van der Waals surface area contributed by atoms with Crippen molar-refractivity contribution in [1.29, 1.82) is 0 Å². The lowest BCUT2D eigenvalue weighted by molar-refractivity contribution is 0.436. The Morgan fingerprint density at radius 2 is 0.969 bits per heavy atom. The summed E-state index contributed by atoms with van der Waals surface area (Å²) in [6.07, 6.45) is 0. The smallest absolute Gasteiger partial charge is 0.132 e. The first-order valence-electron chi connectivity index (χ1n) is 22.7. The number of nitrogens with zero attached hydrogens (tertiary/aromatic N) is 2. The Balaban J connectivity index is 1.06. The highest BCUT2D eigenvalue weighted by Gasteiger charge is 2.51. The lowest BCUT2D eigenvalue weighted by atomic mass is 9.66. The Labute approximate surface area is 378 Å². The number of benzene rings is 10. The van der Waals surface area contributed by atoms with Gasteiger partial charge in [-0.05, 0) is 128 Å². The molecule has 1 spiro atoms. The SMILES string of the molecule is CC1(C)c2ccccc2-c2ccc(N(c3ccc4c(c3)-c3c(ccc5ccccc35)C43c4ccccc4Oc4ccccc43)c3ccc4c(c3)c3ccccc3n4-c3ccccc3)cc21. The highest BCUT2D eigenvalue weighted by Crippen LogP contribution is 2.64. The van der Waals surface area contributed by atoms with Gasteiger partial charge in [-0.1, -0.05) is 159 Å². The van der Waals surface area contributed by atoms with Gasteiger partial charge in [0.1, 0.15) is 11.5 Å². The van der Waals surface area contributed by atoms with Crippen molar-refractivity contribution in [2.24, 2.45) is 0 Å². The van der Waals surface area contributed by atoms with Crippen molar-refractivity contribution in [1.82, 2.24) is 4.57 Å². The zero-order valence-electron chi connectivity index (χ0n) is 36.1. The minimum absolute atomic E-state index is 0.160. The van der Waals surface area contributed by atoms with E-state index in [-0.39, 0.29) is 5.41 Å². The summed E-state index contributed by atoms with van der Waals surface area (Å²) >= 11 is 0. The third kappa shape index (κ3) is 4.85. The van der Waals surface area contributed by atoms with Gasteiger partial charge in [-0.2, -0.15) is 0 Å². The molecule has 0 radical (unpaired) electrons. The summed E-state index contributed by atoms with van der Waals surface area (Å²) < 4.78 is 9.12. The maximum absolute atomic E-state index is 6.72. The molecule has 3 heteroatoms. The molecule has 0 saturated carbocycles. The van der Waals surface area contributed by atoms with Crippen molar-refractivity contribution in [3.05, 3.63) is 252 Å². The monoisotopic (exact) mass is 830 g/mol. The number of rotatable bonds is 4. The molecule has 0 fully saturated rings. The Morgan fingerprint density at radius 3 is 1.78 bits per heavy atom. The molecule has 10 aromatic carbocycles. The molecule has 0 amide bonds. The third-order valence-electron chi connectivity index (χ3n) is 14.8. The van der Waals surface area contributed by atoms with Crippen LogP contribution in [0.1, 0.15) is 47.2 Å². The number of hydrogen-bond donors (Lipinski definition) is 0. The summed E-state index contributed by atoms with van der Waals surface area (Å²) in [7, 11) is 0. The average molecular weight is 831 g/mol. The van der Waals surface area contributed by atoms with Crippen LogP contribution in [0, 0.1) is 0 Å². The molecule has 11 aromatic rings. The van der Waals surface area contributed by atoms with Crippen LogP contribution in [0.5, 0.6) is 11.5 Å². The van der Waals surface area contributed by atoms with Gasteiger partial charge in [0.15, 0.2) is 0 Å². The fraction of sp³-hybridized carbons (Fsp3) is 0.0645. The van der Waals surface area contributed by atoms with Crippen molar-refractivity contribution in [2.75, 3.05) is 4.90 Å². The minimum atomic E-state index is -0.578. The van der Waals surface area contributed by atoms with E-state index >= 15 is 0 Å². The second kappa shape index (κ2) is 13.2. The van der Waals surface area contributed by atoms with Gasteiger partial charge in [-0.25, -0.2) is 0 Å². The molecule has 2 aliphatic carbocycles. The maximum atomic E-state index is 6.72. The normalized spacial score (nSPS) is 14.4. The van der Waals surface area contributed by atoms with Gasteiger partial charge in [-0.3, -0.25) is 0 Å². The van der Waals surface area contributed by atoms with E-state index in [1.807, 2.05) is 0 Å². The molecule has 2 heterocycles. The van der Waals surface area contributed by atoms with E-state index in [2.05, 4.69) is 242 Å². The van der Waals surface area contributed by atoms with Crippen molar-refractivity contribution in [2.45, 2.75) is 24.7 Å². The van der Waals surface area contributed by atoms with Crippen LogP contribution in [0.3, 0.4) is 0 Å². The molecule has 3 aliphatic rings. The molecule has 306 valence electrons. The minimum Gasteiger partial charge on any atom is -0.457 e. The van der Waals surface area contributed by atoms with Gasteiger partial charge in [-0.15, -0.1) is 0 Å². The topological polar surface area (TPSA) is 17.4 Å². The van der Waals surface area contributed by atoms with E-state index in [1.165, 1.54) is 88.2 Å². The van der Waals surface area contributed by atoms with Crippen LogP contribution in [0.2, 0.25) is 0 Å². The molecule has 0 N–H and O–H groups in total. The zero-order valence-corrected chi connectivity index (χ0v) is 36.1. The van der Waals surface area contributed by atoms with E-state index in [1.54, 1.807) is 0 Å². The number of para-hydroxylation sites is 4. The molecule has 0 saturated heterocycles. The van der Waals surface area contributed by atoms with Crippen molar-refractivity contribution in [3.8, 4) is 39.4 Å². The Morgan fingerprint density at radius 1 is 0.385 bits per heavy atom. The fourth-order valence-corrected chi connectivity index (χ4v) is 12.0. The Kier molecular flexibility index (Phi) is 7.38. The predicted octanol–water partition coefficient (Wildman–Crippen LogP) is 16.2. The summed E-state index contributed by atoms with van der Waals surface area (Å²) in [4.78, 5) is 2.50. The molecule has 3 nitrogen and oxygen atoms in total. The quantitative estimate of drug-likeness (QED) is 0.176. The first-order valence-corrected chi connectivity index (χ1v) is 22.7. The first kappa shape index (κ1) is 36.4. The molecule has 1 aromatic heterocycles. The Hall–Kier alpha value is -8.14. The molecule has 0 unspecified atom stereocenters. The molecule has 14 rings (SSSR count). The van der Waals surface area contributed by atoms with E-state index in [0.29, 0.717) is 0 Å². The lowest BCUT2D eigenvalue weighted by Gasteiger charge is -2.39. The van der Waals surface area contributed by atoms with Crippen LogP contribution in [0.15, 0.2) is 218 Å². The largest absolute Gasteiger partial charge is 0.457 e. The van der Waals surface area contributed by atoms with Gasteiger partial charge in [0, 0.05) is 50.1 Å². The van der Waals surface area contributed by atoms with Crippen molar-refractivity contribution < 1.29 is 4.74 Å². The highest BCUT2D eigenvalue weighted by atomic mass is 16.5. The zero-order chi connectivity index (χ0) is 43.0. The fourth-order valence-electron chi connectivity index (χ4n) is 12.0. The van der Waals surface area contributed by atoms with Crippen molar-refractivity contribution in [3.63, 3.8) is 0 Å².